The zero-order valence-electron chi connectivity index (χ0n) is 16.0. The van der Waals surface area contributed by atoms with E-state index in [1.54, 1.807) is 12.1 Å². The van der Waals surface area contributed by atoms with E-state index >= 15 is 0 Å². The Bertz CT molecular complexity index is 1160. The maximum atomic E-state index is 13.7. The summed E-state index contributed by atoms with van der Waals surface area (Å²) in [6.07, 6.45) is 0. The van der Waals surface area contributed by atoms with Crippen LogP contribution in [0.5, 0.6) is 0 Å². The Morgan fingerprint density at radius 3 is 2.62 bits per heavy atom. The first-order valence-electron chi connectivity index (χ1n) is 8.85. The molecule has 0 bridgehead atoms. The van der Waals surface area contributed by atoms with E-state index in [0.29, 0.717) is 16.6 Å². The zero-order chi connectivity index (χ0) is 20.6. The number of nitrogens with one attached hydrogen (secondary N) is 1. The number of halogens is 1. The molecule has 0 saturated heterocycles. The fraction of sp³-hybridized carbons (Fsp3) is 0.200. The number of carbonyl (C=O) groups is 1. The van der Waals surface area contributed by atoms with Crippen molar-refractivity contribution in [2.45, 2.75) is 26.2 Å². The molecule has 4 rings (SSSR count). The highest BCUT2D eigenvalue weighted by Crippen LogP contribution is 2.28. The highest BCUT2D eigenvalue weighted by atomic mass is 32.1. The lowest BCUT2D eigenvalue weighted by molar-refractivity contribution is 0.101. The summed E-state index contributed by atoms with van der Waals surface area (Å²) in [5.41, 5.74) is 1.28. The van der Waals surface area contributed by atoms with Gasteiger partial charge in [0.05, 0.1) is 16.3 Å². The molecule has 0 radical (unpaired) electrons. The van der Waals surface area contributed by atoms with E-state index in [1.807, 2.05) is 22.9 Å². The topological polar surface area (TPSA) is 72.7 Å². The lowest BCUT2D eigenvalue weighted by Gasteiger charge is -2.14. The average Bonchev–Trinajstić information content (AvgIpc) is 3.40. The second-order valence-corrected chi connectivity index (χ2v) is 9.18. The van der Waals surface area contributed by atoms with Gasteiger partial charge in [-0.05, 0) is 29.6 Å². The molecule has 0 aliphatic heterocycles. The smallest absolute Gasteiger partial charge is 0.295 e. The van der Waals surface area contributed by atoms with Crippen molar-refractivity contribution < 1.29 is 9.18 Å². The number of thiazole rings is 1. The third-order valence-electron chi connectivity index (χ3n) is 4.10. The van der Waals surface area contributed by atoms with Crippen LogP contribution < -0.4 is 5.32 Å². The number of benzene rings is 1. The predicted octanol–water partition coefficient (Wildman–Crippen LogP) is 5.14. The fourth-order valence-corrected chi connectivity index (χ4v) is 4.22. The van der Waals surface area contributed by atoms with Crippen LogP contribution in [0.3, 0.4) is 0 Å². The van der Waals surface area contributed by atoms with E-state index < -0.39 is 11.7 Å². The normalized spacial score (nSPS) is 11.6. The molecule has 4 aromatic rings. The number of anilines is 1. The molecule has 3 aromatic heterocycles. The molecule has 0 fully saturated rings. The number of hydrogen-bond acceptors (Lipinski definition) is 6. The third-order valence-corrected chi connectivity index (χ3v) is 5.72. The molecule has 29 heavy (non-hydrogen) atoms. The van der Waals surface area contributed by atoms with Gasteiger partial charge in [-0.1, -0.05) is 32.9 Å². The molecule has 0 aliphatic carbocycles. The summed E-state index contributed by atoms with van der Waals surface area (Å²) < 4.78 is 15.2. The van der Waals surface area contributed by atoms with Crippen molar-refractivity contribution in [3.63, 3.8) is 0 Å². The number of nitrogens with zero attached hydrogens (tertiary/aromatic N) is 4. The Balaban J connectivity index is 1.68. The number of aromatic nitrogens is 4. The van der Waals surface area contributed by atoms with Gasteiger partial charge in [-0.2, -0.15) is 0 Å². The number of amides is 1. The molecule has 9 heteroatoms. The van der Waals surface area contributed by atoms with Crippen LogP contribution in [0.1, 0.15) is 37.1 Å². The van der Waals surface area contributed by atoms with Crippen molar-refractivity contribution in [3.8, 4) is 16.4 Å². The van der Waals surface area contributed by atoms with Gasteiger partial charge in [0.1, 0.15) is 5.82 Å². The Labute approximate surface area is 175 Å². The Kier molecular flexibility index (Phi) is 5.01. The first-order chi connectivity index (χ1) is 13.8. The molecular weight excluding hydrogens is 409 g/mol. The molecule has 3 heterocycles. The van der Waals surface area contributed by atoms with E-state index in [1.165, 1.54) is 39.5 Å². The minimum Gasteiger partial charge on any atom is -0.295 e. The van der Waals surface area contributed by atoms with Crippen molar-refractivity contribution in [2.24, 2.45) is 0 Å². The van der Waals surface area contributed by atoms with Gasteiger partial charge in [0.25, 0.3) is 5.91 Å². The van der Waals surface area contributed by atoms with Crippen LogP contribution in [0.4, 0.5) is 9.52 Å². The third kappa shape index (κ3) is 4.10. The molecule has 1 amide bonds. The van der Waals surface area contributed by atoms with Gasteiger partial charge in [0.15, 0.2) is 11.0 Å². The molecule has 0 atom stereocenters. The van der Waals surface area contributed by atoms with Gasteiger partial charge in [-0.25, -0.2) is 19.0 Å². The number of hydrogen-bond donors (Lipinski definition) is 1. The van der Waals surface area contributed by atoms with Crippen molar-refractivity contribution in [3.05, 3.63) is 64.5 Å². The van der Waals surface area contributed by atoms with Gasteiger partial charge in [-0.15, -0.1) is 27.8 Å². The summed E-state index contributed by atoms with van der Waals surface area (Å²) in [4.78, 5) is 22.5. The molecule has 1 N–H and O–H groups in total. The number of rotatable bonds is 4. The molecule has 0 unspecified atom stereocenters. The standard InChI is InChI=1S/C20H18FN5OS2/c1-20(2,3)15-11-29-19(22-15)24-18(27)16-23-17(14-8-5-9-28-14)26(25-16)13-7-4-6-12(21)10-13/h4-11H,1-3H3,(H,22,24,27). The minimum atomic E-state index is -0.465. The van der Waals surface area contributed by atoms with Gasteiger partial charge >= 0.3 is 0 Å². The molecule has 148 valence electrons. The van der Waals surface area contributed by atoms with Crippen LogP contribution in [0.2, 0.25) is 0 Å². The van der Waals surface area contributed by atoms with E-state index in [9.17, 15) is 9.18 Å². The maximum Gasteiger partial charge on any atom is 0.297 e. The summed E-state index contributed by atoms with van der Waals surface area (Å²) in [6, 6.07) is 9.77. The zero-order valence-corrected chi connectivity index (χ0v) is 17.6. The minimum absolute atomic E-state index is 0.00910. The van der Waals surface area contributed by atoms with Crippen LogP contribution in [0.25, 0.3) is 16.4 Å². The number of carbonyl (C=O) groups excluding carboxylic acids is 1. The van der Waals surface area contributed by atoms with Gasteiger partial charge < -0.3 is 0 Å². The first kappa shape index (κ1) is 19.4. The molecule has 0 aliphatic rings. The van der Waals surface area contributed by atoms with Crippen LogP contribution in [0.15, 0.2) is 47.2 Å². The fourth-order valence-electron chi connectivity index (χ4n) is 2.59. The highest BCUT2D eigenvalue weighted by Gasteiger charge is 2.22. The Morgan fingerprint density at radius 2 is 1.97 bits per heavy atom. The van der Waals surface area contributed by atoms with Gasteiger partial charge in [-0.3, -0.25) is 10.1 Å². The Morgan fingerprint density at radius 1 is 1.14 bits per heavy atom. The average molecular weight is 428 g/mol. The summed E-state index contributed by atoms with van der Waals surface area (Å²) in [5.74, 6) is -0.387. The van der Waals surface area contributed by atoms with Gasteiger partial charge in [0, 0.05) is 10.8 Å². The van der Waals surface area contributed by atoms with Crippen molar-refractivity contribution in [1.29, 1.82) is 0 Å². The van der Waals surface area contributed by atoms with E-state index in [0.717, 1.165) is 10.6 Å². The van der Waals surface area contributed by atoms with Crippen LogP contribution >= 0.6 is 22.7 Å². The van der Waals surface area contributed by atoms with Crippen LogP contribution in [-0.4, -0.2) is 25.7 Å². The van der Waals surface area contributed by atoms with E-state index in [2.05, 4.69) is 41.2 Å². The van der Waals surface area contributed by atoms with Crippen molar-refractivity contribution >= 4 is 33.7 Å². The maximum absolute atomic E-state index is 13.7. The first-order valence-corrected chi connectivity index (χ1v) is 10.6. The quantitative estimate of drug-likeness (QED) is 0.489. The van der Waals surface area contributed by atoms with Gasteiger partial charge in [0.2, 0.25) is 5.82 Å². The molecule has 0 saturated carbocycles. The van der Waals surface area contributed by atoms with E-state index in [-0.39, 0.29) is 11.2 Å². The molecule has 0 spiro atoms. The largest absolute Gasteiger partial charge is 0.297 e. The lowest BCUT2D eigenvalue weighted by atomic mass is 9.93. The highest BCUT2D eigenvalue weighted by molar-refractivity contribution is 7.14. The SMILES string of the molecule is CC(C)(C)c1csc(NC(=O)c2nc(-c3cccs3)n(-c3cccc(F)c3)n2)n1. The number of thiophene rings is 1. The molecule has 1 aromatic carbocycles. The summed E-state index contributed by atoms with van der Waals surface area (Å²) in [7, 11) is 0. The van der Waals surface area contributed by atoms with E-state index in [4.69, 9.17) is 0 Å². The van der Waals surface area contributed by atoms with Crippen LogP contribution in [0, 0.1) is 5.82 Å². The second-order valence-electron chi connectivity index (χ2n) is 7.37. The molecular formula is C20H18FN5OS2. The Hall–Kier alpha value is -2.91. The molecule has 6 nitrogen and oxygen atoms in total. The summed E-state index contributed by atoms with van der Waals surface area (Å²) >= 11 is 2.82. The predicted molar refractivity (Wildman–Crippen MR) is 113 cm³/mol. The summed E-state index contributed by atoms with van der Waals surface area (Å²) in [6.45, 7) is 6.18. The second kappa shape index (κ2) is 7.49. The van der Waals surface area contributed by atoms with Crippen molar-refractivity contribution in [2.75, 3.05) is 5.32 Å². The van der Waals surface area contributed by atoms with Crippen molar-refractivity contribution in [1.82, 2.24) is 19.7 Å². The summed E-state index contributed by atoms with van der Waals surface area (Å²) in [5, 5.41) is 11.4. The van der Waals surface area contributed by atoms with Crippen LogP contribution in [-0.2, 0) is 5.41 Å². The monoisotopic (exact) mass is 427 g/mol. The lowest BCUT2D eigenvalue weighted by Crippen LogP contribution is -2.15.